The summed E-state index contributed by atoms with van der Waals surface area (Å²) in [5.74, 6) is 0.527. The summed E-state index contributed by atoms with van der Waals surface area (Å²) in [7, 11) is 0. The van der Waals surface area contributed by atoms with Crippen LogP contribution in [-0.4, -0.2) is 10.9 Å². The Labute approximate surface area is 147 Å². The molecule has 2 aromatic heterocycles. The number of carbonyl (C=O) groups is 1. The van der Waals surface area contributed by atoms with Gasteiger partial charge in [-0.25, -0.2) is 4.98 Å². The van der Waals surface area contributed by atoms with Crippen LogP contribution in [0.2, 0.25) is 5.02 Å². The normalized spacial score (nSPS) is 17.2. The number of thiazole rings is 1. The molecule has 0 bridgehead atoms. The van der Waals surface area contributed by atoms with E-state index in [2.05, 4.69) is 17.2 Å². The Kier molecular flexibility index (Phi) is 3.87. The fraction of sp³-hybridized carbons (Fsp3) is 0.294. The second-order valence-electron chi connectivity index (χ2n) is 5.93. The molecule has 118 valence electrons. The number of anilines is 1. The van der Waals surface area contributed by atoms with Crippen molar-refractivity contribution < 1.29 is 4.79 Å². The number of fused-ring (bicyclic) bond motifs is 2. The Morgan fingerprint density at radius 2 is 2.17 bits per heavy atom. The molecule has 3 nitrogen and oxygen atoms in total. The van der Waals surface area contributed by atoms with Crippen molar-refractivity contribution in [1.82, 2.24) is 4.98 Å². The summed E-state index contributed by atoms with van der Waals surface area (Å²) in [5, 5.41) is 5.06. The smallest absolute Gasteiger partial charge is 0.269 e. The molecule has 0 saturated heterocycles. The van der Waals surface area contributed by atoms with Crippen LogP contribution in [0.1, 0.15) is 33.6 Å². The number of amides is 1. The van der Waals surface area contributed by atoms with Gasteiger partial charge in [0.25, 0.3) is 5.91 Å². The first kappa shape index (κ1) is 15.1. The summed E-state index contributed by atoms with van der Waals surface area (Å²) in [6.07, 6.45) is 3.24. The molecule has 0 spiro atoms. The van der Waals surface area contributed by atoms with Crippen molar-refractivity contribution in [3.63, 3.8) is 0 Å². The third-order valence-electron chi connectivity index (χ3n) is 4.15. The van der Waals surface area contributed by atoms with Crippen LogP contribution < -0.4 is 5.32 Å². The largest absolute Gasteiger partial charge is 0.297 e. The molecule has 0 saturated carbocycles. The van der Waals surface area contributed by atoms with Gasteiger partial charge in [-0.05, 0) is 31.2 Å². The van der Waals surface area contributed by atoms with Crippen molar-refractivity contribution in [2.45, 2.75) is 26.2 Å². The highest BCUT2D eigenvalue weighted by Crippen LogP contribution is 2.36. The van der Waals surface area contributed by atoms with Gasteiger partial charge in [-0.2, -0.15) is 0 Å². The molecule has 1 aliphatic carbocycles. The predicted molar refractivity (Wildman–Crippen MR) is 98.1 cm³/mol. The molecule has 1 N–H and O–H groups in total. The third kappa shape index (κ3) is 2.77. The van der Waals surface area contributed by atoms with Crippen LogP contribution in [0.5, 0.6) is 0 Å². The molecular weight excluding hydrogens is 348 g/mol. The number of aryl methyl sites for hydroxylation is 1. The van der Waals surface area contributed by atoms with Crippen molar-refractivity contribution in [3.8, 4) is 0 Å². The van der Waals surface area contributed by atoms with E-state index in [4.69, 9.17) is 11.6 Å². The molecule has 0 radical (unpaired) electrons. The number of halogens is 1. The fourth-order valence-corrected chi connectivity index (χ4v) is 5.49. The Balaban J connectivity index is 1.61. The first-order valence-corrected chi connectivity index (χ1v) is 9.60. The summed E-state index contributed by atoms with van der Waals surface area (Å²) in [5.41, 5.74) is 1.14. The maximum atomic E-state index is 12.6. The summed E-state index contributed by atoms with van der Waals surface area (Å²) in [6, 6.07) is 7.80. The lowest BCUT2D eigenvalue weighted by Gasteiger charge is -2.15. The summed E-state index contributed by atoms with van der Waals surface area (Å²) in [4.78, 5) is 19.0. The summed E-state index contributed by atoms with van der Waals surface area (Å²) in [6.45, 7) is 2.26. The average molecular weight is 363 g/mol. The summed E-state index contributed by atoms with van der Waals surface area (Å²) < 4.78 is 1.02. The highest BCUT2D eigenvalue weighted by molar-refractivity contribution is 7.22. The molecule has 1 aromatic carbocycles. The highest BCUT2D eigenvalue weighted by atomic mass is 35.5. The highest BCUT2D eigenvalue weighted by Gasteiger charge is 2.22. The maximum Gasteiger partial charge on any atom is 0.269 e. The van der Waals surface area contributed by atoms with Gasteiger partial charge in [-0.15, -0.1) is 22.7 Å². The Morgan fingerprint density at radius 1 is 1.35 bits per heavy atom. The number of nitrogens with one attached hydrogen (secondary N) is 1. The van der Waals surface area contributed by atoms with E-state index in [0.717, 1.165) is 28.6 Å². The Morgan fingerprint density at radius 3 is 3.00 bits per heavy atom. The minimum atomic E-state index is -0.171. The van der Waals surface area contributed by atoms with Crippen molar-refractivity contribution in [2.24, 2.45) is 5.92 Å². The van der Waals surface area contributed by atoms with Crippen LogP contribution in [0.25, 0.3) is 10.1 Å². The van der Waals surface area contributed by atoms with E-state index in [1.165, 1.54) is 22.6 Å². The first-order chi connectivity index (χ1) is 11.1. The van der Waals surface area contributed by atoms with E-state index in [-0.39, 0.29) is 5.91 Å². The summed E-state index contributed by atoms with van der Waals surface area (Å²) >= 11 is 9.38. The van der Waals surface area contributed by atoms with E-state index in [9.17, 15) is 4.79 Å². The molecular formula is C17H15ClN2OS2. The average Bonchev–Trinajstić information content (AvgIpc) is 3.08. The lowest BCUT2D eigenvalue weighted by Crippen LogP contribution is -2.11. The van der Waals surface area contributed by atoms with Crippen LogP contribution in [-0.2, 0) is 12.8 Å². The molecule has 4 rings (SSSR count). The van der Waals surface area contributed by atoms with Crippen molar-refractivity contribution in [1.29, 1.82) is 0 Å². The van der Waals surface area contributed by atoms with E-state index in [1.807, 2.05) is 24.3 Å². The number of aromatic nitrogens is 1. The molecule has 1 amide bonds. The van der Waals surface area contributed by atoms with Crippen LogP contribution in [0, 0.1) is 5.92 Å². The zero-order valence-corrected chi connectivity index (χ0v) is 14.9. The fourth-order valence-electron chi connectivity index (χ4n) is 2.91. The minimum absolute atomic E-state index is 0.171. The number of carbonyl (C=O) groups excluding carboxylic acids is 1. The third-order valence-corrected chi connectivity index (χ3v) is 6.86. The Bertz CT molecular complexity index is 899. The minimum Gasteiger partial charge on any atom is -0.297 e. The van der Waals surface area contributed by atoms with Gasteiger partial charge in [0.05, 0.1) is 10.7 Å². The molecule has 0 fully saturated rings. The van der Waals surface area contributed by atoms with Crippen molar-refractivity contribution in [2.75, 3.05) is 5.32 Å². The van der Waals surface area contributed by atoms with E-state index < -0.39 is 0 Å². The van der Waals surface area contributed by atoms with Gasteiger partial charge in [0.15, 0.2) is 5.13 Å². The van der Waals surface area contributed by atoms with Crippen molar-refractivity contribution >= 4 is 55.4 Å². The van der Waals surface area contributed by atoms with Gasteiger partial charge in [0.1, 0.15) is 4.88 Å². The van der Waals surface area contributed by atoms with E-state index in [0.29, 0.717) is 20.9 Å². The van der Waals surface area contributed by atoms with E-state index in [1.54, 1.807) is 11.3 Å². The number of nitrogens with zero attached hydrogens (tertiary/aromatic N) is 1. The second kappa shape index (κ2) is 5.89. The number of hydrogen-bond acceptors (Lipinski definition) is 4. The number of thiophene rings is 1. The molecule has 6 heteroatoms. The van der Waals surface area contributed by atoms with Gasteiger partial charge < -0.3 is 0 Å². The number of hydrogen-bond donors (Lipinski definition) is 1. The predicted octanol–water partition coefficient (Wildman–Crippen LogP) is 5.39. The monoisotopic (exact) mass is 362 g/mol. The SMILES string of the molecule is CC1CCc2nc(NC(=O)c3sc4ccccc4c3Cl)sc2C1. The van der Waals surface area contributed by atoms with Crippen LogP contribution in [0.4, 0.5) is 5.13 Å². The van der Waals surface area contributed by atoms with E-state index >= 15 is 0 Å². The van der Waals surface area contributed by atoms with Gasteiger partial charge in [0.2, 0.25) is 0 Å². The molecule has 2 heterocycles. The topological polar surface area (TPSA) is 42.0 Å². The molecule has 23 heavy (non-hydrogen) atoms. The molecule has 1 unspecified atom stereocenters. The molecule has 0 aliphatic heterocycles. The standard InChI is InChI=1S/C17H15ClN2OS2/c1-9-6-7-11-13(8-9)23-17(19-11)20-16(21)15-14(18)10-4-2-3-5-12(10)22-15/h2-5,9H,6-8H2,1H3,(H,19,20,21). The van der Waals surface area contributed by atoms with Gasteiger partial charge in [-0.3, -0.25) is 10.1 Å². The zero-order valence-electron chi connectivity index (χ0n) is 12.6. The van der Waals surface area contributed by atoms with Gasteiger partial charge >= 0.3 is 0 Å². The quantitative estimate of drug-likeness (QED) is 0.664. The van der Waals surface area contributed by atoms with Gasteiger partial charge in [-0.1, -0.05) is 36.7 Å². The first-order valence-electron chi connectivity index (χ1n) is 7.59. The van der Waals surface area contributed by atoms with Crippen LogP contribution in [0.15, 0.2) is 24.3 Å². The van der Waals surface area contributed by atoms with Crippen molar-refractivity contribution in [3.05, 3.63) is 44.7 Å². The lowest BCUT2D eigenvalue weighted by molar-refractivity contribution is 0.103. The molecule has 1 aliphatic rings. The Hall–Kier alpha value is -1.43. The molecule has 3 aromatic rings. The van der Waals surface area contributed by atoms with Crippen LogP contribution >= 0.6 is 34.3 Å². The van der Waals surface area contributed by atoms with Gasteiger partial charge in [0, 0.05) is 15.0 Å². The maximum absolute atomic E-state index is 12.6. The lowest BCUT2D eigenvalue weighted by atomic mass is 9.93. The second-order valence-corrected chi connectivity index (χ2v) is 8.45. The zero-order chi connectivity index (χ0) is 16.0. The molecule has 1 atom stereocenters. The number of rotatable bonds is 2. The number of benzene rings is 1. The van der Waals surface area contributed by atoms with Crippen LogP contribution in [0.3, 0.4) is 0 Å².